The molecule has 4 rings (SSSR count). The fourth-order valence-corrected chi connectivity index (χ4v) is 5.00. The molecular weight excluding hydrogens is 460 g/mol. The van der Waals surface area contributed by atoms with Gasteiger partial charge in [-0.1, -0.05) is 11.6 Å². The molecule has 0 aliphatic carbocycles. The van der Waals surface area contributed by atoms with E-state index in [1.807, 2.05) is 11.8 Å². The van der Waals surface area contributed by atoms with Gasteiger partial charge in [0.15, 0.2) is 0 Å². The van der Waals surface area contributed by atoms with Gasteiger partial charge >= 0.3 is 12.1 Å². The highest BCUT2D eigenvalue weighted by atomic mass is 35.5. The van der Waals surface area contributed by atoms with Crippen LogP contribution < -0.4 is 15.0 Å². The highest BCUT2D eigenvalue weighted by Gasteiger charge is 2.35. The number of rotatable bonds is 3. The quantitative estimate of drug-likeness (QED) is 0.697. The van der Waals surface area contributed by atoms with Gasteiger partial charge in [-0.2, -0.15) is 0 Å². The molecule has 1 atom stereocenters. The molecule has 0 spiro atoms. The summed E-state index contributed by atoms with van der Waals surface area (Å²) in [5, 5.41) is 3.70. The maximum Gasteiger partial charge on any atom is 0.409 e. The van der Waals surface area contributed by atoms with E-state index in [1.165, 1.54) is 0 Å². The smallest absolute Gasteiger partial charge is 0.409 e. The van der Waals surface area contributed by atoms with Crippen LogP contribution in [0.3, 0.4) is 0 Å². The van der Waals surface area contributed by atoms with Crippen molar-refractivity contribution in [3.63, 3.8) is 0 Å². The molecular formula is C24H33ClN4O5. The Hall–Kier alpha value is -2.68. The first-order chi connectivity index (χ1) is 16.4. The standard InChI is InChI=1S/C24H33ClN4O5/c1-3-33-24(32)28-12-8-19(9-13-28)26-22(30)17-6-10-27(11-7-17)23(31)29-15-16(2)34-21-5-4-18(25)14-20(21)29/h4-5,14,16-17,19H,3,6-13,15H2,1-2H3,(H,26,30)/t16-/m0/s1. The van der Waals surface area contributed by atoms with Crippen molar-refractivity contribution in [1.29, 1.82) is 0 Å². The Kier molecular flexibility index (Phi) is 7.70. The Labute approximate surface area is 205 Å². The van der Waals surface area contributed by atoms with E-state index < -0.39 is 0 Å². The zero-order valence-electron chi connectivity index (χ0n) is 19.8. The third-order valence-corrected chi connectivity index (χ3v) is 6.95. The fraction of sp³-hybridized carbons (Fsp3) is 0.625. The molecule has 186 valence electrons. The van der Waals surface area contributed by atoms with Crippen LogP contribution in [0.15, 0.2) is 18.2 Å². The van der Waals surface area contributed by atoms with Crippen molar-refractivity contribution in [3.05, 3.63) is 23.2 Å². The van der Waals surface area contributed by atoms with Gasteiger partial charge in [0.05, 0.1) is 18.8 Å². The minimum absolute atomic E-state index is 0.0406. The third-order valence-electron chi connectivity index (χ3n) is 6.71. The lowest BCUT2D eigenvalue weighted by atomic mass is 9.94. The first-order valence-electron chi connectivity index (χ1n) is 12.1. The van der Waals surface area contributed by atoms with Gasteiger partial charge in [0, 0.05) is 43.2 Å². The maximum atomic E-state index is 13.3. The summed E-state index contributed by atoms with van der Waals surface area (Å²) < 4.78 is 10.9. The van der Waals surface area contributed by atoms with Crippen LogP contribution in [0.5, 0.6) is 5.75 Å². The molecule has 0 radical (unpaired) electrons. The lowest BCUT2D eigenvalue weighted by Gasteiger charge is -2.39. The monoisotopic (exact) mass is 492 g/mol. The lowest BCUT2D eigenvalue weighted by molar-refractivity contribution is -0.127. The second-order valence-electron chi connectivity index (χ2n) is 9.16. The molecule has 0 aromatic heterocycles. The molecule has 1 N–H and O–H groups in total. The Morgan fingerprint density at radius 3 is 2.44 bits per heavy atom. The van der Waals surface area contributed by atoms with Crippen molar-refractivity contribution in [2.45, 2.75) is 51.7 Å². The Morgan fingerprint density at radius 2 is 1.76 bits per heavy atom. The number of fused-ring (bicyclic) bond motifs is 1. The molecule has 3 heterocycles. The summed E-state index contributed by atoms with van der Waals surface area (Å²) in [5.41, 5.74) is 0.685. The molecule has 0 bridgehead atoms. The Balaban J connectivity index is 1.27. The molecule has 1 aromatic rings. The maximum absolute atomic E-state index is 13.3. The van der Waals surface area contributed by atoms with Gasteiger partial charge in [-0.25, -0.2) is 9.59 Å². The van der Waals surface area contributed by atoms with Crippen LogP contribution in [0.4, 0.5) is 15.3 Å². The van der Waals surface area contributed by atoms with Gasteiger partial charge in [0.1, 0.15) is 11.9 Å². The molecule has 34 heavy (non-hydrogen) atoms. The number of benzene rings is 1. The number of carbonyl (C=O) groups excluding carboxylic acids is 3. The van der Waals surface area contributed by atoms with Gasteiger partial charge in [0.25, 0.3) is 0 Å². The second-order valence-corrected chi connectivity index (χ2v) is 9.60. The molecule has 2 fully saturated rings. The number of halogens is 1. The van der Waals surface area contributed by atoms with Gasteiger partial charge in [0.2, 0.25) is 5.91 Å². The number of hydrogen-bond donors (Lipinski definition) is 1. The number of urea groups is 1. The summed E-state index contributed by atoms with van der Waals surface area (Å²) in [6, 6.07) is 5.29. The van der Waals surface area contributed by atoms with Crippen LogP contribution in [-0.2, 0) is 9.53 Å². The van der Waals surface area contributed by atoms with Crippen molar-refractivity contribution < 1.29 is 23.9 Å². The largest absolute Gasteiger partial charge is 0.487 e. The van der Waals surface area contributed by atoms with Crippen molar-refractivity contribution in [2.24, 2.45) is 5.92 Å². The highest BCUT2D eigenvalue weighted by molar-refractivity contribution is 6.31. The molecule has 3 aliphatic heterocycles. The van der Waals surface area contributed by atoms with E-state index in [2.05, 4.69) is 5.32 Å². The normalized spacial score (nSPS) is 21.5. The lowest BCUT2D eigenvalue weighted by Crippen LogP contribution is -2.53. The summed E-state index contributed by atoms with van der Waals surface area (Å²) in [6.45, 7) is 6.77. The summed E-state index contributed by atoms with van der Waals surface area (Å²) in [6.07, 6.45) is 2.29. The first kappa shape index (κ1) is 24.4. The highest BCUT2D eigenvalue weighted by Crippen LogP contribution is 2.36. The fourth-order valence-electron chi connectivity index (χ4n) is 4.84. The Bertz CT molecular complexity index is 913. The average Bonchev–Trinajstić information content (AvgIpc) is 2.84. The number of nitrogens with zero attached hydrogens (tertiary/aromatic N) is 3. The number of ether oxygens (including phenoxy) is 2. The predicted octanol–water partition coefficient (Wildman–Crippen LogP) is 3.50. The van der Waals surface area contributed by atoms with Crippen molar-refractivity contribution in [1.82, 2.24) is 15.1 Å². The molecule has 3 aliphatic rings. The number of piperidine rings is 2. The molecule has 4 amide bonds. The minimum atomic E-state index is -0.288. The van der Waals surface area contributed by atoms with Crippen molar-refractivity contribution >= 4 is 35.3 Å². The molecule has 1 aromatic carbocycles. The number of hydrogen-bond acceptors (Lipinski definition) is 5. The van der Waals surface area contributed by atoms with Crippen molar-refractivity contribution in [2.75, 3.05) is 44.2 Å². The van der Waals surface area contributed by atoms with E-state index in [9.17, 15) is 14.4 Å². The predicted molar refractivity (Wildman–Crippen MR) is 128 cm³/mol. The van der Waals surface area contributed by atoms with E-state index >= 15 is 0 Å². The number of anilines is 1. The first-order valence-corrected chi connectivity index (χ1v) is 12.5. The molecule has 0 saturated carbocycles. The van der Waals surface area contributed by atoms with E-state index in [1.54, 1.807) is 34.9 Å². The molecule has 10 heteroatoms. The Morgan fingerprint density at radius 1 is 1.09 bits per heavy atom. The van der Waals surface area contributed by atoms with Crippen LogP contribution in [-0.4, -0.2) is 79.3 Å². The molecule has 9 nitrogen and oxygen atoms in total. The average molecular weight is 493 g/mol. The van der Waals surface area contributed by atoms with Crippen LogP contribution in [0.25, 0.3) is 0 Å². The second kappa shape index (κ2) is 10.7. The van der Waals surface area contributed by atoms with Crippen LogP contribution >= 0.6 is 11.6 Å². The SMILES string of the molecule is CCOC(=O)N1CCC(NC(=O)C2CCN(C(=O)N3C[C@H](C)Oc4ccc(Cl)cc43)CC2)CC1. The van der Waals surface area contributed by atoms with E-state index in [0.29, 0.717) is 68.6 Å². The zero-order chi connectivity index (χ0) is 24.2. The molecule has 0 unspecified atom stereocenters. The zero-order valence-corrected chi connectivity index (χ0v) is 20.6. The number of nitrogens with one attached hydrogen (secondary N) is 1. The van der Waals surface area contributed by atoms with E-state index in [4.69, 9.17) is 21.1 Å². The van der Waals surface area contributed by atoms with Gasteiger partial charge in [-0.3, -0.25) is 9.69 Å². The van der Waals surface area contributed by atoms with Crippen LogP contribution in [0, 0.1) is 5.92 Å². The number of carbonyl (C=O) groups is 3. The van der Waals surface area contributed by atoms with Gasteiger partial charge < -0.3 is 24.6 Å². The van der Waals surface area contributed by atoms with Gasteiger partial charge in [-0.15, -0.1) is 0 Å². The topological polar surface area (TPSA) is 91.4 Å². The number of likely N-dealkylation sites (tertiary alicyclic amines) is 2. The van der Waals surface area contributed by atoms with Crippen LogP contribution in [0.1, 0.15) is 39.5 Å². The van der Waals surface area contributed by atoms with E-state index in [0.717, 1.165) is 12.8 Å². The summed E-state index contributed by atoms with van der Waals surface area (Å²) in [7, 11) is 0. The number of amides is 4. The van der Waals surface area contributed by atoms with Gasteiger partial charge in [-0.05, 0) is 57.7 Å². The van der Waals surface area contributed by atoms with Crippen molar-refractivity contribution in [3.8, 4) is 5.75 Å². The minimum Gasteiger partial charge on any atom is -0.487 e. The van der Waals surface area contributed by atoms with Crippen LogP contribution in [0.2, 0.25) is 5.02 Å². The van der Waals surface area contributed by atoms with E-state index in [-0.39, 0.29) is 36.1 Å². The summed E-state index contributed by atoms with van der Waals surface area (Å²) in [5.74, 6) is 0.580. The third kappa shape index (κ3) is 5.51. The summed E-state index contributed by atoms with van der Waals surface area (Å²) in [4.78, 5) is 43.2. The molecule has 2 saturated heterocycles. The summed E-state index contributed by atoms with van der Waals surface area (Å²) >= 11 is 6.16.